The molecule has 0 unspecified atom stereocenters. The molecule has 0 radical (unpaired) electrons. The second kappa shape index (κ2) is 2.89. The van der Waals surface area contributed by atoms with E-state index in [4.69, 9.17) is 5.73 Å². The molecule has 4 heteroatoms. The Kier molecular flexibility index (Phi) is 2.13. The number of thiol groups is 1. The van der Waals surface area contributed by atoms with Gasteiger partial charge < -0.3 is 5.73 Å². The maximum absolute atomic E-state index is 5.42. The molecule has 1 aromatic rings. The van der Waals surface area contributed by atoms with Crippen LogP contribution in [0.3, 0.4) is 0 Å². The molecule has 0 saturated heterocycles. The summed E-state index contributed by atoms with van der Waals surface area (Å²) in [6.45, 7) is 0. The maximum Gasteiger partial charge on any atom is 0.139 e. The Labute approximate surface area is 63.0 Å². The van der Waals surface area contributed by atoms with Gasteiger partial charge in [-0.2, -0.15) is 11.3 Å². The summed E-state index contributed by atoms with van der Waals surface area (Å²) in [6.07, 6.45) is 0. The van der Waals surface area contributed by atoms with E-state index in [1.54, 1.807) is 11.3 Å². The van der Waals surface area contributed by atoms with Crippen LogP contribution >= 0.6 is 24.2 Å². The fourth-order valence-electron chi connectivity index (χ4n) is 0.468. The van der Waals surface area contributed by atoms with Crippen molar-refractivity contribution in [3.63, 3.8) is 0 Å². The lowest BCUT2D eigenvalue weighted by atomic mass is 10.3. The number of amidine groups is 1. The van der Waals surface area contributed by atoms with Crippen LogP contribution in [0.2, 0.25) is 0 Å². The van der Waals surface area contributed by atoms with Crippen LogP contribution in [0.4, 0.5) is 0 Å². The molecule has 0 spiro atoms. The van der Waals surface area contributed by atoms with E-state index < -0.39 is 0 Å². The Morgan fingerprint density at radius 2 is 2.56 bits per heavy atom. The second-order valence-corrected chi connectivity index (χ2v) is 2.48. The molecule has 2 nitrogen and oxygen atoms in total. The first-order valence-electron chi connectivity index (χ1n) is 2.34. The minimum atomic E-state index is 0.472. The zero-order valence-corrected chi connectivity index (χ0v) is 6.32. The number of hydrogen-bond donors (Lipinski definition) is 2. The van der Waals surface area contributed by atoms with Gasteiger partial charge in [-0.25, -0.2) is 4.40 Å². The van der Waals surface area contributed by atoms with Crippen molar-refractivity contribution in [2.45, 2.75) is 0 Å². The second-order valence-electron chi connectivity index (χ2n) is 1.50. The Hall–Kier alpha value is -0.480. The van der Waals surface area contributed by atoms with Gasteiger partial charge in [-0.3, -0.25) is 0 Å². The van der Waals surface area contributed by atoms with Gasteiger partial charge in [0, 0.05) is 10.9 Å². The molecule has 48 valence electrons. The van der Waals surface area contributed by atoms with Crippen molar-refractivity contribution < 1.29 is 0 Å². The number of nitrogens with two attached hydrogens (primary N) is 1. The first kappa shape index (κ1) is 6.64. The van der Waals surface area contributed by atoms with E-state index in [1.807, 2.05) is 16.8 Å². The largest absolute Gasteiger partial charge is 0.383 e. The Balaban J connectivity index is 2.90. The number of nitrogens with zero attached hydrogens (tertiary/aromatic N) is 1. The van der Waals surface area contributed by atoms with E-state index in [0.717, 1.165) is 5.56 Å². The van der Waals surface area contributed by atoms with Gasteiger partial charge >= 0.3 is 0 Å². The van der Waals surface area contributed by atoms with Crippen LogP contribution in [0.15, 0.2) is 21.2 Å². The van der Waals surface area contributed by atoms with Crippen molar-refractivity contribution in [1.29, 1.82) is 0 Å². The van der Waals surface area contributed by atoms with Crippen molar-refractivity contribution in [2.24, 2.45) is 10.1 Å². The van der Waals surface area contributed by atoms with E-state index in [1.165, 1.54) is 0 Å². The lowest BCUT2D eigenvalue weighted by molar-refractivity contribution is 1.63. The molecule has 0 aliphatic carbocycles. The normalized spacial score (nSPS) is 11.9. The summed E-state index contributed by atoms with van der Waals surface area (Å²) < 4.78 is 3.53. The highest BCUT2D eigenvalue weighted by Gasteiger charge is 1.94. The predicted octanol–water partition coefficient (Wildman–Crippen LogP) is 1.30. The third-order valence-electron chi connectivity index (χ3n) is 0.925. The van der Waals surface area contributed by atoms with Crippen LogP contribution in [-0.2, 0) is 0 Å². The molecule has 0 saturated carbocycles. The van der Waals surface area contributed by atoms with E-state index >= 15 is 0 Å². The van der Waals surface area contributed by atoms with E-state index in [9.17, 15) is 0 Å². The molecule has 0 bridgehead atoms. The van der Waals surface area contributed by atoms with Crippen molar-refractivity contribution in [2.75, 3.05) is 0 Å². The quantitative estimate of drug-likeness (QED) is 0.361. The molecule has 1 rings (SSSR count). The Morgan fingerprint density at radius 3 is 3.00 bits per heavy atom. The van der Waals surface area contributed by atoms with Gasteiger partial charge in [0.25, 0.3) is 0 Å². The zero-order valence-electron chi connectivity index (χ0n) is 4.61. The van der Waals surface area contributed by atoms with Crippen LogP contribution in [0.1, 0.15) is 5.56 Å². The van der Waals surface area contributed by atoms with E-state index in [-0.39, 0.29) is 0 Å². The lowest BCUT2D eigenvalue weighted by Crippen LogP contribution is -2.10. The molecule has 1 heterocycles. The highest BCUT2D eigenvalue weighted by Crippen LogP contribution is 2.05. The van der Waals surface area contributed by atoms with Gasteiger partial charge in [0.1, 0.15) is 5.84 Å². The Morgan fingerprint density at radius 1 is 1.78 bits per heavy atom. The van der Waals surface area contributed by atoms with Crippen LogP contribution in [-0.4, -0.2) is 5.84 Å². The molecule has 0 amide bonds. The first-order valence-corrected chi connectivity index (χ1v) is 3.69. The number of thiophene rings is 1. The summed E-state index contributed by atoms with van der Waals surface area (Å²) >= 11 is 5.26. The SMILES string of the molecule is NC(=NS)c1ccsc1. The average molecular weight is 158 g/mol. The molecule has 0 aliphatic rings. The van der Waals surface area contributed by atoms with Crippen molar-refractivity contribution in [1.82, 2.24) is 0 Å². The first-order chi connectivity index (χ1) is 4.34. The highest BCUT2D eigenvalue weighted by molar-refractivity contribution is 7.79. The summed E-state index contributed by atoms with van der Waals surface area (Å²) in [5.74, 6) is 0.472. The minimum Gasteiger partial charge on any atom is -0.383 e. The van der Waals surface area contributed by atoms with Gasteiger partial charge in [0.15, 0.2) is 0 Å². The van der Waals surface area contributed by atoms with Crippen LogP contribution in [0.5, 0.6) is 0 Å². The number of hydrogen-bond acceptors (Lipinski definition) is 3. The lowest BCUT2D eigenvalue weighted by Gasteiger charge is -1.88. The molecule has 0 aliphatic heterocycles. The third-order valence-corrected chi connectivity index (χ3v) is 1.82. The van der Waals surface area contributed by atoms with Crippen molar-refractivity contribution >= 4 is 30.0 Å². The minimum absolute atomic E-state index is 0.472. The fourth-order valence-corrected chi connectivity index (χ4v) is 1.23. The van der Waals surface area contributed by atoms with Crippen molar-refractivity contribution in [3.8, 4) is 0 Å². The zero-order chi connectivity index (χ0) is 6.69. The van der Waals surface area contributed by atoms with Crippen LogP contribution in [0, 0.1) is 0 Å². The smallest absolute Gasteiger partial charge is 0.139 e. The fraction of sp³-hybridized carbons (Fsp3) is 0. The molecular weight excluding hydrogens is 152 g/mol. The van der Waals surface area contributed by atoms with Crippen molar-refractivity contribution in [3.05, 3.63) is 22.4 Å². The van der Waals surface area contributed by atoms with Gasteiger partial charge in [-0.05, 0) is 24.3 Å². The molecule has 0 fully saturated rings. The molecule has 1 aromatic heterocycles. The molecule has 9 heavy (non-hydrogen) atoms. The summed E-state index contributed by atoms with van der Waals surface area (Å²) in [5.41, 5.74) is 6.36. The summed E-state index contributed by atoms with van der Waals surface area (Å²) in [5, 5.41) is 3.87. The topological polar surface area (TPSA) is 38.4 Å². The molecular formula is C5H6N2S2. The summed E-state index contributed by atoms with van der Waals surface area (Å²) in [6, 6.07) is 1.90. The van der Waals surface area contributed by atoms with Gasteiger partial charge in [0.05, 0.1) is 0 Å². The van der Waals surface area contributed by atoms with Gasteiger partial charge in [0.2, 0.25) is 0 Å². The summed E-state index contributed by atoms with van der Waals surface area (Å²) in [4.78, 5) is 0. The standard InChI is InChI=1S/C5H6N2S2/c6-5(7-8)4-1-2-9-3-4/h1-3,8H,(H2,6,7). The van der Waals surface area contributed by atoms with Crippen LogP contribution in [0.25, 0.3) is 0 Å². The van der Waals surface area contributed by atoms with Gasteiger partial charge in [-0.15, -0.1) is 0 Å². The monoisotopic (exact) mass is 158 g/mol. The molecule has 0 aromatic carbocycles. The average Bonchev–Trinajstić information content (AvgIpc) is 2.37. The van der Waals surface area contributed by atoms with E-state index in [0.29, 0.717) is 5.84 Å². The van der Waals surface area contributed by atoms with Gasteiger partial charge in [-0.1, -0.05) is 0 Å². The molecule has 0 atom stereocenters. The highest BCUT2D eigenvalue weighted by atomic mass is 32.1. The van der Waals surface area contributed by atoms with E-state index in [2.05, 4.69) is 17.2 Å². The summed E-state index contributed by atoms with van der Waals surface area (Å²) in [7, 11) is 0. The third kappa shape index (κ3) is 1.46. The number of rotatable bonds is 1. The van der Waals surface area contributed by atoms with Crippen LogP contribution < -0.4 is 5.73 Å². The maximum atomic E-state index is 5.42. The molecule has 2 N–H and O–H groups in total. The Bertz CT molecular complexity index is 203. The predicted molar refractivity (Wildman–Crippen MR) is 44.0 cm³/mol.